The first-order chi connectivity index (χ1) is 12.4. The van der Waals surface area contributed by atoms with E-state index >= 15 is 0 Å². The zero-order chi connectivity index (χ0) is 16.9. The van der Waals surface area contributed by atoms with Gasteiger partial charge in [-0.05, 0) is 67.9 Å². The molecule has 1 aromatic heterocycles. The van der Waals surface area contributed by atoms with E-state index in [1.165, 1.54) is 12.8 Å². The molecule has 0 bridgehead atoms. The van der Waals surface area contributed by atoms with Crippen molar-refractivity contribution in [3.63, 3.8) is 0 Å². The summed E-state index contributed by atoms with van der Waals surface area (Å²) < 4.78 is 17.0. The zero-order valence-corrected chi connectivity index (χ0v) is 13.9. The van der Waals surface area contributed by atoms with Crippen LogP contribution in [0.15, 0.2) is 65.4 Å². The van der Waals surface area contributed by atoms with E-state index in [-0.39, 0.29) is 0 Å². The summed E-state index contributed by atoms with van der Waals surface area (Å²) in [7, 11) is 0. The molecule has 1 atom stereocenters. The molecule has 25 heavy (non-hydrogen) atoms. The number of aromatic nitrogens is 1. The molecule has 0 spiro atoms. The fourth-order valence-electron chi connectivity index (χ4n) is 2.87. The van der Waals surface area contributed by atoms with E-state index in [4.69, 9.17) is 13.9 Å². The highest BCUT2D eigenvalue weighted by Crippen LogP contribution is 2.26. The Morgan fingerprint density at radius 1 is 1.00 bits per heavy atom. The highest BCUT2D eigenvalue weighted by atomic mass is 16.5. The van der Waals surface area contributed by atoms with Gasteiger partial charge in [0, 0.05) is 11.6 Å². The Morgan fingerprint density at radius 3 is 2.36 bits per heavy atom. The van der Waals surface area contributed by atoms with Crippen LogP contribution in [0.25, 0.3) is 11.5 Å². The first-order valence-electron chi connectivity index (χ1n) is 8.51. The predicted molar refractivity (Wildman–Crippen MR) is 95.0 cm³/mol. The molecule has 0 aliphatic carbocycles. The number of ether oxygens (including phenoxy) is 2. The van der Waals surface area contributed by atoms with Gasteiger partial charge in [-0.3, -0.25) is 0 Å². The van der Waals surface area contributed by atoms with Crippen LogP contribution in [0.5, 0.6) is 17.2 Å². The van der Waals surface area contributed by atoms with Gasteiger partial charge in [-0.2, -0.15) is 0 Å². The number of nitrogens with one attached hydrogen (secondary N) is 1. The molecule has 4 rings (SSSR count). The summed E-state index contributed by atoms with van der Waals surface area (Å²) in [5, 5.41) is 3.42. The third kappa shape index (κ3) is 4.00. The van der Waals surface area contributed by atoms with Crippen molar-refractivity contribution in [1.29, 1.82) is 0 Å². The molecule has 0 unspecified atom stereocenters. The molecule has 2 heterocycles. The van der Waals surface area contributed by atoms with Gasteiger partial charge >= 0.3 is 0 Å². The van der Waals surface area contributed by atoms with E-state index in [0.29, 0.717) is 18.5 Å². The Hall–Kier alpha value is -2.79. The molecule has 3 aromatic rings. The van der Waals surface area contributed by atoms with Gasteiger partial charge in [0.15, 0.2) is 0 Å². The van der Waals surface area contributed by atoms with Gasteiger partial charge in [0.05, 0.1) is 6.20 Å². The molecule has 5 heteroatoms. The van der Waals surface area contributed by atoms with E-state index < -0.39 is 0 Å². The highest BCUT2D eigenvalue weighted by Gasteiger charge is 2.14. The van der Waals surface area contributed by atoms with Crippen LogP contribution in [-0.4, -0.2) is 24.2 Å². The molecular formula is C20H20N2O3. The summed E-state index contributed by atoms with van der Waals surface area (Å²) in [6.45, 7) is 1.80. The molecule has 1 aliphatic rings. The SMILES string of the molecule is c1coc(-c2ccc(Oc3ccc(OC[C@H]4CCCN4)cc3)cc2)n1. The summed E-state index contributed by atoms with van der Waals surface area (Å²) in [6.07, 6.45) is 5.61. The number of nitrogens with zero attached hydrogens (tertiary/aromatic N) is 1. The summed E-state index contributed by atoms with van der Waals surface area (Å²) in [5.74, 6) is 3.00. The third-order valence-electron chi connectivity index (χ3n) is 4.21. The smallest absolute Gasteiger partial charge is 0.225 e. The molecular weight excluding hydrogens is 316 g/mol. The molecule has 0 amide bonds. The lowest BCUT2D eigenvalue weighted by Gasteiger charge is -2.12. The Bertz CT molecular complexity index is 777. The van der Waals surface area contributed by atoms with Crippen LogP contribution in [0.3, 0.4) is 0 Å². The van der Waals surface area contributed by atoms with Crippen LogP contribution in [0.4, 0.5) is 0 Å². The van der Waals surface area contributed by atoms with Crippen molar-refractivity contribution in [2.75, 3.05) is 13.2 Å². The number of oxazole rings is 1. The van der Waals surface area contributed by atoms with E-state index in [9.17, 15) is 0 Å². The average molecular weight is 336 g/mol. The normalized spacial score (nSPS) is 16.7. The van der Waals surface area contributed by atoms with Gasteiger partial charge in [-0.15, -0.1) is 0 Å². The van der Waals surface area contributed by atoms with Crippen LogP contribution in [-0.2, 0) is 0 Å². The average Bonchev–Trinajstić information content (AvgIpc) is 3.36. The van der Waals surface area contributed by atoms with Crippen molar-refractivity contribution >= 4 is 0 Å². The maximum absolute atomic E-state index is 5.86. The fraction of sp³-hybridized carbons (Fsp3) is 0.250. The molecule has 1 fully saturated rings. The van der Waals surface area contributed by atoms with E-state index in [1.807, 2.05) is 48.5 Å². The minimum atomic E-state index is 0.470. The lowest BCUT2D eigenvalue weighted by molar-refractivity contribution is 0.277. The molecule has 1 aliphatic heterocycles. The van der Waals surface area contributed by atoms with E-state index in [2.05, 4.69) is 10.3 Å². The second-order valence-corrected chi connectivity index (χ2v) is 6.04. The Morgan fingerprint density at radius 2 is 1.72 bits per heavy atom. The van der Waals surface area contributed by atoms with Gasteiger partial charge < -0.3 is 19.2 Å². The van der Waals surface area contributed by atoms with E-state index in [0.717, 1.165) is 29.4 Å². The van der Waals surface area contributed by atoms with Crippen molar-refractivity contribution < 1.29 is 13.9 Å². The van der Waals surface area contributed by atoms with Crippen LogP contribution in [0.1, 0.15) is 12.8 Å². The molecule has 0 radical (unpaired) electrons. The number of benzene rings is 2. The molecule has 1 saturated heterocycles. The minimum Gasteiger partial charge on any atom is -0.492 e. The lowest BCUT2D eigenvalue weighted by atomic mass is 10.2. The maximum atomic E-state index is 5.86. The largest absolute Gasteiger partial charge is 0.492 e. The van der Waals surface area contributed by atoms with Crippen LogP contribution < -0.4 is 14.8 Å². The summed E-state index contributed by atoms with van der Waals surface area (Å²) >= 11 is 0. The lowest BCUT2D eigenvalue weighted by Crippen LogP contribution is -2.28. The second kappa shape index (κ2) is 7.40. The molecule has 2 aromatic carbocycles. The number of rotatable bonds is 6. The monoisotopic (exact) mass is 336 g/mol. The fourth-order valence-corrected chi connectivity index (χ4v) is 2.87. The molecule has 1 N–H and O–H groups in total. The van der Waals surface area contributed by atoms with Crippen LogP contribution in [0, 0.1) is 0 Å². The standard InChI is InChI=1S/C20H20N2O3/c1-2-16(21-11-1)14-24-17-7-9-19(10-8-17)25-18-5-3-15(4-6-18)20-22-12-13-23-20/h3-10,12-13,16,21H,1-2,11,14H2/t16-/m1/s1. The van der Waals surface area contributed by atoms with Crippen molar-refractivity contribution in [1.82, 2.24) is 10.3 Å². The second-order valence-electron chi connectivity index (χ2n) is 6.04. The molecule has 0 saturated carbocycles. The summed E-state index contributed by atoms with van der Waals surface area (Å²) in [5.41, 5.74) is 0.918. The van der Waals surface area contributed by atoms with E-state index in [1.54, 1.807) is 12.5 Å². The van der Waals surface area contributed by atoms with Gasteiger partial charge in [-0.1, -0.05) is 0 Å². The zero-order valence-electron chi connectivity index (χ0n) is 13.9. The van der Waals surface area contributed by atoms with Gasteiger partial charge in [0.1, 0.15) is 30.1 Å². The first kappa shape index (κ1) is 15.7. The third-order valence-corrected chi connectivity index (χ3v) is 4.21. The first-order valence-corrected chi connectivity index (χ1v) is 8.51. The predicted octanol–water partition coefficient (Wildman–Crippen LogP) is 4.26. The van der Waals surface area contributed by atoms with Gasteiger partial charge in [-0.25, -0.2) is 4.98 Å². The molecule has 5 nitrogen and oxygen atoms in total. The van der Waals surface area contributed by atoms with Crippen molar-refractivity contribution in [3.05, 3.63) is 61.0 Å². The molecule has 128 valence electrons. The van der Waals surface area contributed by atoms with Crippen molar-refractivity contribution in [2.24, 2.45) is 0 Å². The van der Waals surface area contributed by atoms with Crippen LogP contribution in [0.2, 0.25) is 0 Å². The highest BCUT2D eigenvalue weighted by molar-refractivity contribution is 5.54. The van der Waals surface area contributed by atoms with Gasteiger partial charge in [0.2, 0.25) is 5.89 Å². The Kier molecular flexibility index (Phi) is 4.65. The summed E-state index contributed by atoms with van der Waals surface area (Å²) in [6, 6.07) is 15.8. The Labute approximate surface area is 146 Å². The number of hydrogen-bond donors (Lipinski definition) is 1. The topological polar surface area (TPSA) is 56.5 Å². The Balaban J connectivity index is 1.34. The summed E-state index contributed by atoms with van der Waals surface area (Å²) in [4.78, 5) is 4.13. The number of hydrogen-bond acceptors (Lipinski definition) is 5. The van der Waals surface area contributed by atoms with Gasteiger partial charge in [0.25, 0.3) is 0 Å². The quantitative estimate of drug-likeness (QED) is 0.729. The van der Waals surface area contributed by atoms with Crippen molar-refractivity contribution in [2.45, 2.75) is 18.9 Å². The minimum absolute atomic E-state index is 0.470. The maximum Gasteiger partial charge on any atom is 0.225 e. The van der Waals surface area contributed by atoms with Crippen molar-refractivity contribution in [3.8, 4) is 28.7 Å². The van der Waals surface area contributed by atoms with Crippen LogP contribution >= 0.6 is 0 Å².